The quantitative estimate of drug-likeness (QED) is 0.807. The molecule has 6 nitrogen and oxygen atoms in total. The number of benzene rings is 1. The topological polar surface area (TPSA) is 74.7 Å². The van der Waals surface area contributed by atoms with Crippen LogP contribution in [0.25, 0.3) is 10.9 Å². The van der Waals surface area contributed by atoms with Crippen molar-refractivity contribution in [2.75, 3.05) is 13.7 Å². The molecule has 0 saturated carbocycles. The van der Waals surface area contributed by atoms with Crippen LogP contribution in [0.2, 0.25) is 0 Å². The first-order valence-electron chi connectivity index (χ1n) is 6.91. The fourth-order valence-electron chi connectivity index (χ4n) is 2.35. The fraction of sp³-hybridized carbons (Fsp3) is 0.312. The summed E-state index contributed by atoms with van der Waals surface area (Å²) in [6.45, 7) is 2.01. The Bertz CT molecular complexity index is 756. The molecule has 1 aromatic heterocycles. The highest BCUT2D eigenvalue weighted by molar-refractivity contribution is 5.96. The number of aromatic nitrogens is 1. The van der Waals surface area contributed by atoms with Gasteiger partial charge in [0.15, 0.2) is 0 Å². The van der Waals surface area contributed by atoms with Crippen molar-refractivity contribution in [1.82, 2.24) is 4.98 Å². The number of esters is 2. The molecule has 1 saturated heterocycles. The summed E-state index contributed by atoms with van der Waals surface area (Å²) < 4.78 is 15.1. The number of hydrogen-bond acceptors (Lipinski definition) is 6. The molecule has 0 spiro atoms. The van der Waals surface area contributed by atoms with E-state index in [1.165, 1.54) is 0 Å². The summed E-state index contributed by atoms with van der Waals surface area (Å²) in [4.78, 5) is 28.0. The zero-order valence-corrected chi connectivity index (χ0v) is 12.3. The van der Waals surface area contributed by atoms with Crippen LogP contribution in [0.15, 0.2) is 24.3 Å². The molecule has 22 heavy (non-hydrogen) atoms. The van der Waals surface area contributed by atoms with Gasteiger partial charge in [0.25, 0.3) is 0 Å². The minimum Gasteiger partial charge on any atom is -0.497 e. The fourth-order valence-corrected chi connectivity index (χ4v) is 2.35. The van der Waals surface area contributed by atoms with Crippen molar-refractivity contribution in [3.05, 3.63) is 35.5 Å². The van der Waals surface area contributed by atoms with Gasteiger partial charge in [0.05, 0.1) is 30.5 Å². The van der Waals surface area contributed by atoms with E-state index in [1.807, 2.05) is 6.07 Å². The molecule has 0 bridgehead atoms. The van der Waals surface area contributed by atoms with E-state index in [2.05, 4.69) is 4.98 Å². The minimum atomic E-state index is -0.821. The van der Waals surface area contributed by atoms with Crippen LogP contribution in [0, 0.1) is 6.92 Å². The molecule has 1 atom stereocenters. The van der Waals surface area contributed by atoms with Crippen LogP contribution < -0.4 is 4.74 Å². The molecular weight excluding hydrogens is 286 g/mol. The average molecular weight is 301 g/mol. The Morgan fingerprint density at radius 1 is 1.36 bits per heavy atom. The lowest BCUT2D eigenvalue weighted by Gasteiger charge is -2.11. The van der Waals surface area contributed by atoms with Gasteiger partial charge in [-0.3, -0.25) is 4.98 Å². The zero-order chi connectivity index (χ0) is 15.7. The van der Waals surface area contributed by atoms with Gasteiger partial charge in [-0.15, -0.1) is 0 Å². The van der Waals surface area contributed by atoms with Crippen molar-refractivity contribution < 1.29 is 23.8 Å². The van der Waals surface area contributed by atoms with E-state index in [-0.39, 0.29) is 6.61 Å². The number of aryl methyl sites for hydroxylation is 1. The second-order valence-corrected chi connectivity index (χ2v) is 5.03. The number of carbonyl (C=O) groups excluding carboxylic acids is 2. The first kappa shape index (κ1) is 14.3. The molecule has 1 fully saturated rings. The smallest absolute Gasteiger partial charge is 0.347 e. The maximum Gasteiger partial charge on any atom is 0.347 e. The maximum absolute atomic E-state index is 12.2. The number of methoxy groups -OCH3 is 1. The highest BCUT2D eigenvalue weighted by Gasteiger charge is 2.31. The lowest BCUT2D eigenvalue weighted by Crippen LogP contribution is -2.23. The number of hydrogen-bond donors (Lipinski definition) is 0. The summed E-state index contributed by atoms with van der Waals surface area (Å²) in [5.41, 5.74) is 1.61. The number of fused-ring (bicyclic) bond motifs is 1. The van der Waals surface area contributed by atoms with Crippen molar-refractivity contribution in [3.63, 3.8) is 0 Å². The molecule has 0 amide bonds. The van der Waals surface area contributed by atoms with Crippen LogP contribution in [0.5, 0.6) is 5.75 Å². The summed E-state index contributed by atoms with van der Waals surface area (Å²) in [6.07, 6.45) is -0.430. The van der Waals surface area contributed by atoms with Crippen LogP contribution >= 0.6 is 0 Å². The molecule has 0 radical (unpaired) electrons. The van der Waals surface area contributed by atoms with Crippen molar-refractivity contribution in [1.29, 1.82) is 0 Å². The molecule has 6 heteroatoms. The molecular formula is C16H15NO5. The second-order valence-electron chi connectivity index (χ2n) is 5.03. The Morgan fingerprint density at radius 3 is 2.86 bits per heavy atom. The SMILES string of the molecule is COc1ccc2cc(C(=O)O[C@H]3CCOC3=O)c(C)nc2c1. The van der Waals surface area contributed by atoms with E-state index in [4.69, 9.17) is 14.2 Å². The summed E-state index contributed by atoms with van der Waals surface area (Å²) in [5, 5.41) is 0.798. The summed E-state index contributed by atoms with van der Waals surface area (Å²) in [6, 6.07) is 7.12. The van der Waals surface area contributed by atoms with Gasteiger partial charge in [-0.1, -0.05) is 0 Å². The first-order valence-corrected chi connectivity index (χ1v) is 6.91. The van der Waals surface area contributed by atoms with Gasteiger partial charge < -0.3 is 14.2 Å². The molecule has 0 aliphatic carbocycles. The minimum absolute atomic E-state index is 0.283. The molecule has 1 aliphatic heterocycles. The second kappa shape index (κ2) is 5.63. The molecule has 0 N–H and O–H groups in total. The van der Waals surface area contributed by atoms with Gasteiger partial charge in [-0.25, -0.2) is 9.59 Å². The van der Waals surface area contributed by atoms with E-state index in [0.29, 0.717) is 23.4 Å². The summed E-state index contributed by atoms with van der Waals surface area (Å²) in [7, 11) is 1.58. The van der Waals surface area contributed by atoms with E-state index >= 15 is 0 Å². The number of ether oxygens (including phenoxy) is 3. The average Bonchev–Trinajstić information content (AvgIpc) is 2.91. The Balaban J connectivity index is 1.91. The van der Waals surface area contributed by atoms with Crippen molar-refractivity contribution in [2.24, 2.45) is 0 Å². The highest BCUT2D eigenvalue weighted by Crippen LogP contribution is 2.23. The number of cyclic esters (lactones) is 1. The molecule has 2 heterocycles. The van der Waals surface area contributed by atoms with Crippen LogP contribution in [0.3, 0.4) is 0 Å². The van der Waals surface area contributed by atoms with Gasteiger partial charge in [0, 0.05) is 17.9 Å². The van der Waals surface area contributed by atoms with Gasteiger partial charge in [0.1, 0.15) is 5.75 Å². The highest BCUT2D eigenvalue weighted by atomic mass is 16.6. The summed E-state index contributed by atoms with van der Waals surface area (Å²) in [5.74, 6) is -0.362. The molecule has 1 aliphatic rings. The van der Waals surface area contributed by atoms with Crippen LogP contribution in [-0.2, 0) is 14.3 Å². The van der Waals surface area contributed by atoms with Crippen LogP contribution in [0.4, 0.5) is 0 Å². The van der Waals surface area contributed by atoms with Gasteiger partial charge in [0.2, 0.25) is 6.10 Å². The van der Waals surface area contributed by atoms with Crippen molar-refractivity contribution in [2.45, 2.75) is 19.4 Å². The van der Waals surface area contributed by atoms with Crippen LogP contribution in [-0.4, -0.2) is 36.7 Å². The number of rotatable bonds is 3. The standard InChI is InChI=1S/C16H15NO5/c1-9-12(15(18)22-14-5-6-21-16(14)19)7-10-3-4-11(20-2)8-13(10)17-9/h3-4,7-8,14H,5-6H2,1-2H3/t14-/m0/s1. The van der Waals surface area contributed by atoms with E-state index in [0.717, 1.165) is 10.9 Å². The predicted octanol–water partition coefficient (Wildman–Crippen LogP) is 2.02. The Kier molecular flexibility index (Phi) is 3.66. The lowest BCUT2D eigenvalue weighted by molar-refractivity contribution is -0.145. The van der Waals surface area contributed by atoms with Gasteiger partial charge in [-0.2, -0.15) is 0 Å². The van der Waals surface area contributed by atoms with Crippen molar-refractivity contribution >= 4 is 22.8 Å². The summed E-state index contributed by atoms with van der Waals surface area (Å²) >= 11 is 0. The van der Waals surface area contributed by atoms with E-state index in [1.54, 1.807) is 32.2 Å². The Hall–Kier alpha value is -2.63. The third kappa shape index (κ3) is 2.59. The van der Waals surface area contributed by atoms with Crippen molar-refractivity contribution in [3.8, 4) is 5.75 Å². The first-order chi connectivity index (χ1) is 10.6. The third-order valence-electron chi connectivity index (χ3n) is 3.57. The molecule has 0 unspecified atom stereocenters. The third-order valence-corrected chi connectivity index (χ3v) is 3.57. The number of pyridine rings is 1. The van der Waals surface area contributed by atoms with E-state index < -0.39 is 18.0 Å². The zero-order valence-electron chi connectivity index (χ0n) is 12.3. The number of nitrogens with zero attached hydrogens (tertiary/aromatic N) is 1. The molecule has 1 aromatic carbocycles. The lowest BCUT2D eigenvalue weighted by atomic mass is 10.1. The monoisotopic (exact) mass is 301 g/mol. The molecule has 2 aromatic rings. The number of carbonyl (C=O) groups is 2. The Labute approximate surface area is 127 Å². The normalized spacial score (nSPS) is 17.4. The van der Waals surface area contributed by atoms with Gasteiger partial charge in [-0.05, 0) is 25.1 Å². The maximum atomic E-state index is 12.2. The largest absolute Gasteiger partial charge is 0.497 e. The van der Waals surface area contributed by atoms with Gasteiger partial charge >= 0.3 is 11.9 Å². The molecule has 3 rings (SSSR count). The molecule has 114 valence electrons. The van der Waals surface area contributed by atoms with Crippen LogP contribution in [0.1, 0.15) is 22.5 Å². The predicted molar refractivity (Wildman–Crippen MR) is 77.8 cm³/mol. The van der Waals surface area contributed by atoms with E-state index in [9.17, 15) is 9.59 Å². The Morgan fingerprint density at radius 2 is 2.18 bits per heavy atom.